The highest BCUT2D eigenvalue weighted by atomic mass is 16.5. The first-order valence-electron chi connectivity index (χ1n) is 8.14. The van der Waals surface area contributed by atoms with Gasteiger partial charge in [0.15, 0.2) is 0 Å². The van der Waals surface area contributed by atoms with E-state index in [1.54, 1.807) is 7.11 Å². The van der Waals surface area contributed by atoms with Gasteiger partial charge in [0.05, 0.1) is 6.61 Å². The molecule has 0 aromatic carbocycles. The van der Waals surface area contributed by atoms with Gasteiger partial charge in [0.25, 0.3) is 0 Å². The topological polar surface area (TPSA) is 38.5 Å². The zero-order chi connectivity index (χ0) is 13.7. The second-order valence-corrected chi connectivity index (χ2v) is 6.81. The average Bonchev–Trinajstić information content (AvgIpc) is 3.28. The van der Waals surface area contributed by atoms with Crippen LogP contribution in [0.2, 0.25) is 0 Å². The predicted molar refractivity (Wildman–Crippen MR) is 80.2 cm³/mol. The lowest BCUT2D eigenvalue weighted by Crippen LogP contribution is -2.48. The molecule has 0 amide bonds. The van der Waals surface area contributed by atoms with Crippen LogP contribution >= 0.6 is 0 Å². The van der Waals surface area contributed by atoms with Crippen molar-refractivity contribution in [2.45, 2.75) is 57.9 Å². The van der Waals surface area contributed by atoms with Crippen molar-refractivity contribution < 1.29 is 4.74 Å². The maximum atomic E-state index is 6.15. The third-order valence-corrected chi connectivity index (χ3v) is 5.35. The van der Waals surface area contributed by atoms with Crippen LogP contribution in [0.5, 0.6) is 0 Å². The largest absolute Gasteiger partial charge is 0.383 e. The molecule has 2 N–H and O–H groups in total. The number of methoxy groups -OCH3 is 1. The van der Waals surface area contributed by atoms with Gasteiger partial charge in [-0.15, -0.1) is 0 Å². The van der Waals surface area contributed by atoms with E-state index < -0.39 is 0 Å². The summed E-state index contributed by atoms with van der Waals surface area (Å²) in [5, 5.41) is 0. The lowest BCUT2D eigenvalue weighted by Gasteiger charge is -2.42. The Balaban J connectivity index is 1.95. The molecule has 0 aromatic rings. The molecule has 2 aliphatic carbocycles. The van der Waals surface area contributed by atoms with Gasteiger partial charge in [0.1, 0.15) is 0 Å². The molecule has 0 heterocycles. The van der Waals surface area contributed by atoms with E-state index in [1.165, 1.54) is 51.5 Å². The molecule has 0 spiro atoms. The van der Waals surface area contributed by atoms with Crippen LogP contribution in [0.25, 0.3) is 0 Å². The fourth-order valence-electron chi connectivity index (χ4n) is 3.67. The molecule has 0 aromatic heterocycles. The van der Waals surface area contributed by atoms with E-state index in [2.05, 4.69) is 11.8 Å². The Kier molecular flexibility index (Phi) is 5.67. The number of hydrogen-bond donors (Lipinski definition) is 1. The number of nitrogens with zero attached hydrogens (tertiary/aromatic N) is 1. The van der Waals surface area contributed by atoms with Crippen molar-refractivity contribution >= 4 is 0 Å². The second-order valence-electron chi connectivity index (χ2n) is 6.81. The molecule has 0 radical (unpaired) electrons. The summed E-state index contributed by atoms with van der Waals surface area (Å²) in [5.41, 5.74) is 6.53. The molecule has 3 heteroatoms. The van der Waals surface area contributed by atoms with Gasteiger partial charge < -0.3 is 10.5 Å². The summed E-state index contributed by atoms with van der Waals surface area (Å²) in [6, 6.07) is 0.709. The van der Waals surface area contributed by atoms with Crippen molar-refractivity contribution in [1.82, 2.24) is 4.90 Å². The van der Waals surface area contributed by atoms with Gasteiger partial charge in [0.2, 0.25) is 0 Å². The smallest absolute Gasteiger partial charge is 0.0589 e. The SMILES string of the molecule is COCCN(CC1(CN)CCCCC1)C(C)C1CC1. The van der Waals surface area contributed by atoms with E-state index in [-0.39, 0.29) is 0 Å². The molecule has 112 valence electrons. The Morgan fingerprint density at radius 2 is 1.95 bits per heavy atom. The van der Waals surface area contributed by atoms with E-state index >= 15 is 0 Å². The highest BCUT2D eigenvalue weighted by Crippen LogP contribution is 2.40. The van der Waals surface area contributed by atoms with E-state index in [4.69, 9.17) is 10.5 Å². The average molecular weight is 268 g/mol. The van der Waals surface area contributed by atoms with Crippen molar-refractivity contribution in [1.29, 1.82) is 0 Å². The summed E-state index contributed by atoms with van der Waals surface area (Å²) in [6.07, 6.45) is 9.62. The van der Waals surface area contributed by atoms with Gasteiger partial charge in [-0.1, -0.05) is 19.3 Å². The van der Waals surface area contributed by atoms with E-state index in [0.29, 0.717) is 11.5 Å². The first-order chi connectivity index (χ1) is 9.21. The third-order valence-electron chi connectivity index (χ3n) is 5.35. The minimum Gasteiger partial charge on any atom is -0.383 e. The highest BCUT2D eigenvalue weighted by molar-refractivity contribution is 4.91. The van der Waals surface area contributed by atoms with Crippen LogP contribution in [0.4, 0.5) is 0 Å². The highest BCUT2D eigenvalue weighted by Gasteiger charge is 2.37. The fourth-order valence-corrected chi connectivity index (χ4v) is 3.67. The van der Waals surface area contributed by atoms with Crippen LogP contribution in [0, 0.1) is 11.3 Å². The van der Waals surface area contributed by atoms with Crippen LogP contribution in [0.15, 0.2) is 0 Å². The zero-order valence-corrected chi connectivity index (χ0v) is 12.9. The molecular weight excluding hydrogens is 236 g/mol. The molecule has 19 heavy (non-hydrogen) atoms. The Morgan fingerprint density at radius 1 is 1.26 bits per heavy atom. The molecule has 1 unspecified atom stereocenters. The van der Waals surface area contributed by atoms with Crippen molar-refractivity contribution in [2.24, 2.45) is 17.1 Å². The number of nitrogens with two attached hydrogens (primary N) is 1. The van der Waals surface area contributed by atoms with E-state index in [9.17, 15) is 0 Å². The molecule has 0 saturated heterocycles. The molecule has 2 rings (SSSR count). The maximum Gasteiger partial charge on any atom is 0.0589 e. The zero-order valence-electron chi connectivity index (χ0n) is 12.9. The predicted octanol–water partition coefficient (Wildman–Crippen LogP) is 2.64. The molecule has 3 nitrogen and oxygen atoms in total. The summed E-state index contributed by atoms with van der Waals surface area (Å²) in [6.45, 7) is 6.35. The summed E-state index contributed by atoms with van der Waals surface area (Å²) in [7, 11) is 1.80. The molecule has 0 aliphatic heterocycles. The van der Waals surface area contributed by atoms with Crippen LogP contribution < -0.4 is 5.73 Å². The molecule has 0 bridgehead atoms. The van der Waals surface area contributed by atoms with E-state index in [1.807, 2.05) is 0 Å². The maximum absolute atomic E-state index is 6.15. The van der Waals surface area contributed by atoms with Crippen molar-refractivity contribution in [2.75, 3.05) is 33.4 Å². The number of rotatable bonds is 8. The minimum absolute atomic E-state index is 0.384. The van der Waals surface area contributed by atoms with Gasteiger partial charge in [0, 0.05) is 26.2 Å². The standard InChI is InChI=1S/C16H32N2O/c1-14(15-6-7-15)18(10-11-19-2)13-16(12-17)8-4-3-5-9-16/h14-15H,3-13,17H2,1-2H3. The first kappa shape index (κ1) is 15.3. The molecule has 2 fully saturated rings. The molecule has 1 atom stereocenters. The van der Waals surface area contributed by atoms with Crippen LogP contribution in [0.1, 0.15) is 51.9 Å². The van der Waals surface area contributed by atoms with Gasteiger partial charge in [-0.3, -0.25) is 4.90 Å². The normalized spacial score (nSPS) is 24.6. The molecule has 2 aliphatic rings. The Bertz CT molecular complexity index is 259. The molecule has 2 saturated carbocycles. The second kappa shape index (κ2) is 7.05. The number of ether oxygens (including phenoxy) is 1. The van der Waals surface area contributed by atoms with E-state index in [0.717, 1.165) is 25.6 Å². The summed E-state index contributed by atoms with van der Waals surface area (Å²) >= 11 is 0. The third kappa shape index (κ3) is 4.17. The fraction of sp³-hybridized carbons (Fsp3) is 1.00. The van der Waals surface area contributed by atoms with Crippen molar-refractivity contribution in [3.8, 4) is 0 Å². The Morgan fingerprint density at radius 3 is 2.47 bits per heavy atom. The van der Waals surface area contributed by atoms with Crippen LogP contribution in [-0.2, 0) is 4.74 Å². The number of hydrogen-bond acceptors (Lipinski definition) is 3. The monoisotopic (exact) mass is 268 g/mol. The quantitative estimate of drug-likeness (QED) is 0.735. The van der Waals surface area contributed by atoms with Gasteiger partial charge in [-0.25, -0.2) is 0 Å². The van der Waals surface area contributed by atoms with Gasteiger partial charge in [-0.05, 0) is 50.5 Å². The van der Waals surface area contributed by atoms with Crippen LogP contribution in [-0.4, -0.2) is 44.3 Å². The summed E-state index contributed by atoms with van der Waals surface area (Å²) < 4.78 is 5.31. The lowest BCUT2D eigenvalue weighted by molar-refractivity contribution is 0.0557. The van der Waals surface area contributed by atoms with Crippen molar-refractivity contribution in [3.05, 3.63) is 0 Å². The van der Waals surface area contributed by atoms with Crippen molar-refractivity contribution in [3.63, 3.8) is 0 Å². The Hall–Kier alpha value is -0.120. The summed E-state index contributed by atoms with van der Waals surface area (Å²) in [5.74, 6) is 0.926. The molecular formula is C16H32N2O. The van der Waals surface area contributed by atoms with Crippen LogP contribution in [0.3, 0.4) is 0 Å². The van der Waals surface area contributed by atoms with Gasteiger partial charge in [-0.2, -0.15) is 0 Å². The lowest BCUT2D eigenvalue weighted by atomic mass is 9.73. The van der Waals surface area contributed by atoms with Gasteiger partial charge >= 0.3 is 0 Å². The Labute approximate surface area is 118 Å². The first-order valence-corrected chi connectivity index (χ1v) is 8.14. The minimum atomic E-state index is 0.384. The summed E-state index contributed by atoms with van der Waals surface area (Å²) in [4.78, 5) is 2.67.